The number of nitrogen functional groups attached to an aromatic ring is 1. The minimum absolute atomic E-state index is 0.242. The molecule has 0 unspecified atom stereocenters. The number of hydrogen-bond donors (Lipinski definition) is 2. The van der Waals surface area contributed by atoms with Crippen LogP contribution in [0.1, 0.15) is 30.4 Å². The first-order chi connectivity index (χ1) is 8.74. The molecule has 0 aliphatic heterocycles. The van der Waals surface area contributed by atoms with Crippen molar-refractivity contribution in [1.82, 2.24) is 5.16 Å². The first-order valence-electron chi connectivity index (χ1n) is 6.31. The number of fused-ring (bicyclic) bond motifs is 1. The van der Waals surface area contributed by atoms with Crippen molar-refractivity contribution in [2.45, 2.75) is 32.1 Å². The number of aryl methyl sites for hydroxylation is 2. The van der Waals surface area contributed by atoms with E-state index in [4.69, 9.17) is 10.3 Å². The molecule has 3 N–H and O–H groups in total. The van der Waals surface area contributed by atoms with Crippen LogP contribution >= 0.6 is 0 Å². The van der Waals surface area contributed by atoms with Gasteiger partial charge in [-0.05, 0) is 48.9 Å². The zero-order valence-electron chi connectivity index (χ0n) is 10.1. The van der Waals surface area contributed by atoms with E-state index in [1.54, 1.807) is 6.07 Å². The molecule has 4 heteroatoms. The molecule has 94 valence electrons. The number of nitrogens with zero attached hydrogens (tertiary/aromatic N) is 1. The van der Waals surface area contributed by atoms with Gasteiger partial charge >= 0.3 is 0 Å². The van der Waals surface area contributed by atoms with Crippen molar-refractivity contribution >= 4 is 5.82 Å². The summed E-state index contributed by atoms with van der Waals surface area (Å²) in [5, 5.41) is 13.7. The molecule has 3 rings (SSSR count). The zero-order valence-corrected chi connectivity index (χ0v) is 10.1. The molecule has 1 aromatic heterocycles. The minimum Gasteiger partial charge on any atom is -0.507 e. The van der Waals surface area contributed by atoms with E-state index >= 15 is 0 Å². The van der Waals surface area contributed by atoms with Gasteiger partial charge in [-0.15, -0.1) is 0 Å². The average Bonchev–Trinajstić information content (AvgIpc) is 2.65. The summed E-state index contributed by atoms with van der Waals surface area (Å²) in [4.78, 5) is 0. The Balaban J connectivity index is 2.08. The molecule has 1 aliphatic carbocycles. The van der Waals surface area contributed by atoms with Crippen molar-refractivity contribution < 1.29 is 9.63 Å². The fourth-order valence-corrected chi connectivity index (χ4v) is 2.56. The maximum absolute atomic E-state index is 10.1. The molecule has 2 aromatic rings. The highest BCUT2D eigenvalue weighted by Crippen LogP contribution is 2.35. The Bertz CT molecular complexity index is 575. The quantitative estimate of drug-likeness (QED) is 0.756. The van der Waals surface area contributed by atoms with Gasteiger partial charge in [0.15, 0.2) is 11.6 Å². The molecule has 0 saturated heterocycles. The van der Waals surface area contributed by atoms with Crippen molar-refractivity contribution in [2.75, 3.05) is 5.73 Å². The predicted octanol–water partition coefficient (Wildman–Crippen LogP) is 2.90. The third-order valence-corrected chi connectivity index (χ3v) is 3.50. The number of rotatable bonds is 1. The third-order valence-electron chi connectivity index (χ3n) is 3.50. The van der Waals surface area contributed by atoms with Crippen LogP contribution in [-0.4, -0.2) is 10.3 Å². The van der Waals surface area contributed by atoms with Crippen LogP contribution in [-0.2, 0) is 12.8 Å². The number of aromatic nitrogens is 1. The third kappa shape index (κ3) is 1.94. The van der Waals surface area contributed by atoms with Gasteiger partial charge in [-0.3, -0.25) is 0 Å². The highest BCUT2D eigenvalue weighted by molar-refractivity contribution is 5.69. The first-order valence-corrected chi connectivity index (χ1v) is 6.31. The molecule has 4 nitrogen and oxygen atoms in total. The normalized spacial score (nSPS) is 15.1. The Morgan fingerprint density at radius 3 is 2.44 bits per heavy atom. The van der Waals surface area contributed by atoms with E-state index in [-0.39, 0.29) is 5.75 Å². The van der Waals surface area contributed by atoms with E-state index < -0.39 is 0 Å². The van der Waals surface area contributed by atoms with Gasteiger partial charge in [0.2, 0.25) is 0 Å². The van der Waals surface area contributed by atoms with E-state index in [9.17, 15) is 5.11 Å². The van der Waals surface area contributed by atoms with Gasteiger partial charge in [0.25, 0.3) is 0 Å². The smallest absolute Gasteiger partial charge is 0.172 e. The molecule has 0 radical (unpaired) electrons. The Morgan fingerprint density at radius 2 is 1.78 bits per heavy atom. The maximum atomic E-state index is 10.1. The lowest BCUT2D eigenvalue weighted by atomic mass is 9.98. The summed E-state index contributed by atoms with van der Waals surface area (Å²) in [6, 6.07) is 5.50. The van der Waals surface area contributed by atoms with Crippen molar-refractivity contribution in [1.29, 1.82) is 0 Å². The van der Waals surface area contributed by atoms with Crippen LogP contribution in [0.25, 0.3) is 11.3 Å². The highest BCUT2D eigenvalue weighted by atomic mass is 16.5. The van der Waals surface area contributed by atoms with Gasteiger partial charge in [0.1, 0.15) is 5.75 Å². The molecule has 0 bridgehead atoms. The summed E-state index contributed by atoms with van der Waals surface area (Å²) >= 11 is 0. The lowest BCUT2D eigenvalue weighted by Gasteiger charge is -2.09. The van der Waals surface area contributed by atoms with E-state index in [1.807, 2.05) is 12.1 Å². The molecule has 1 aliphatic rings. The Labute approximate surface area is 105 Å². The van der Waals surface area contributed by atoms with Crippen LogP contribution in [0.5, 0.6) is 5.75 Å². The average molecular weight is 244 g/mol. The Kier molecular flexibility index (Phi) is 2.70. The summed E-state index contributed by atoms with van der Waals surface area (Å²) in [6.45, 7) is 0. The lowest BCUT2D eigenvalue weighted by molar-refractivity contribution is 0.429. The minimum atomic E-state index is 0.242. The van der Waals surface area contributed by atoms with Gasteiger partial charge in [-0.1, -0.05) is 11.6 Å². The summed E-state index contributed by atoms with van der Waals surface area (Å²) in [5.74, 6) is 1.10. The second-order valence-corrected chi connectivity index (χ2v) is 4.81. The summed E-state index contributed by atoms with van der Waals surface area (Å²) < 4.78 is 5.12. The van der Waals surface area contributed by atoms with Gasteiger partial charge < -0.3 is 15.4 Å². The monoisotopic (exact) mass is 244 g/mol. The van der Waals surface area contributed by atoms with Crippen LogP contribution in [0, 0.1) is 0 Å². The number of anilines is 1. The van der Waals surface area contributed by atoms with Gasteiger partial charge in [-0.25, -0.2) is 0 Å². The molecule has 0 fully saturated rings. The first kappa shape index (κ1) is 11.1. The number of phenolic OH excluding ortho intramolecular Hbond substituents is 1. The largest absolute Gasteiger partial charge is 0.507 e. The number of aromatic hydroxyl groups is 1. The molecule has 0 saturated carbocycles. The summed E-state index contributed by atoms with van der Waals surface area (Å²) in [6.07, 6.45) is 5.75. The second-order valence-electron chi connectivity index (χ2n) is 4.81. The highest BCUT2D eigenvalue weighted by Gasteiger charge is 2.15. The topological polar surface area (TPSA) is 72.3 Å². The lowest BCUT2D eigenvalue weighted by Crippen LogP contribution is -1.92. The number of phenols is 1. The molecule has 1 heterocycles. The van der Waals surface area contributed by atoms with Crippen molar-refractivity contribution in [3.05, 3.63) is 29.3 Å². The van der Waals surface area contributed by atoms with Crippen LogP contribution in [0.4, 0.5) is 5.82 Å². The van der Waals surface area contributed by atoms with Crippen LogP contribution in [0.3, 0.4) is 0 Å². The van der Waals surface area contributed by atoms with Crippen molar-refractivity contribution in [3.8, 4) is 17.1 Å². The zero-order chi connectivity index (χ0) is 12.5. The Morgan fingerprint density at radius 1 is 1.06 bits per heavy atom. The summed E-state index contributed by atoms with van der Waals surface area (Å²) in [7, 11) is 0. The molecule has 0 amide bonds. The van der Waals surface area contributed by atoms with E-state index in [0.29, 0.717) is 17.1 Å². The van der Waals surface area contributed by atoms with E-state index in [0.717, 1.165) is 12.8 Å². The maximum Gasteiger partial charge on any atom is 0.172 e. The van der Waals surface area contributed by atoms with Gasteiger partial charge in [-0.2, -0.15) is 0 Å². The van der Waals surface area contributed by atoms with E-state index in [2.05, 4.69) is 5.16 Å². The predicted molar refractivity (Wildman–Crippen MR) is 69.3 cm³/mol. The van der Waals surface area contributed by atoms with Gasteiger partial charge in [0, 0.05) is 6.07 Å². The molecule has 0 spiro atoms. The van der Waals surface area contributed by atoms with Crippen molar-refractivity contribution in [2.24, 2.45) is 0 Å². The van der Waals surface area contributed by atoms with Crippen LogP contribution in [0.2, 0.25) is 0 Å². The fourth-order valence-electron chi connectivity index (χ4n) is 2.56. The number of benzene rings is 1. The number of nitrogens with two attached hydrogens (primary N) is 1. The van der Waals surface area contributed by atoms with Crippen LogP contribution in [0.15, 0.2) is 22.7 Å². The fraction of sp³-hybridized carbons (Fsp3) is 0.357. The van der Waals surface area contributed by atoms with Crippen molar-refractivity contribution in [3.63, 3.8) is 0 Å². The Hall–Kier alpha value is -1.97. The second kappa shape index (κ2) is 4.37. The summed E-state index contributed by atoms with van der Waals surface area (Å²) in [5.41, 5.74) is 8.78. The molecule has 0 atom stereocenters. The number of hydrogen-bond acceptors (Lipinski definition) is 4. The van der Waals surface area contributed by atoms with Gasteiger partial charge in [0.05, 0.1) is 5.56 Å². The van der Waals surface area contributed by atoms with E-state index in [1.165, 1.54) is 30.4 Å². The molecular formula is C14H16N2O2. The molecule has 18 heavy (non-hydrogen) atoms. The SMILES string of the molecule is Nc1cc(-c2cc3c(cc2O)CCCCC3)on1. The van der Waals surface area contributed by atoms with Crippen LogP contribution < -0.4 is 5.73 Å². The standard InChI is InChI=1S/C14H16N2O2/c15-14-8-13(18-16-14)11-6-9-4-2-1-3-5-10(9)7-12(11)17/h6-8,17H,1-5H2,(H2,15,16). The molecule has 1 aromatic carbocycles. The molecular weight excluding hydrogens is 228 g/mol.